The number of aliphatic hydroxyl groups is 1. The Labute approximate surface area is 117 Å². The van der Waals surface area contributed by atoms with Crippen molar-refractivity contribution in [3.8, 4) is 11.8 Å². The largest absolute Gasteiger partial charge is 0.384 e. The molecule has 0 fully saturated rings. The van der Waals surface area contributed by atoms with Gasteiger partial charge in [-0.1, -0.05) is 48.2 Å². The summed E-state index contributed by atoms with van der Waals surface area (Å²) in [6.45, 7) is 0.435. The quantitative estimate of drug-likeness (QED) is 0.866. The van der Waals surface area contributed by atoms with Gasteiger partial charge in [-0.25, -0.2) is 4.39 Å². The van der Waals surface area contributed by atoms with Gasteiger partial charge in [-0.3, -0.25) is 0 Å². The van der Waals surface area contributed by atoms with Crippen molar-refractivity contribution in [3.63, 3.8) is 0 Å². The molecule has 2 aromatic rings. The van der Waals surface area contributed by atoms with E-state index in [2.05, 4.69) is 11.8 Å². The van der Waals surface area contributed by atoms with Crippen molar-refractivity contribution in [1.82, 2.24) is 0 Å². The van der Waals surface area contributed by atoms with Crippen molar-refractivity contribution >= 4 is 0 Å². The molecule has 0 aromatic heterocycles. The maximum Gasteiger partial charge on any atom is 0.129 e. The van der Waals surface area contributed by atoms with Crippen molar-refractivity contribution < 1.29 is 14.2 Å². The van der Waals surface area contributed by atoms with E-state index in [4.69, 9.17) is 9.84 Å². The minimum atomic E-state index is -0.345. The molecule has 0 aliphatic heterocycles. The van der Waals surface area contributed by atoms with E-state index in [1.807, 2.05) is 30.3 Å². The molecule has 3 heteroatoms. The maximum atomic E-state index is 13.8. The molecule has 0 saturated carbocycles. The van der Waals surface area contributed by atoms with E-state index in [0.717, 1.165) is 5.56 Å². The molecule has 0 saturated heterocycles. The second-order valence-corrected chi connectivity index (χ2v) is 4.24. The average molecular weight is 270 g/mol. The number of hydrogen-bond donors (Lipinski definition) is 1. The molecule has 1 N–H and O–H groups in total. The van der Waals surface area contributed by atoms with Gasteiger partial charge < -0.3 is 9.84 Å². The lowest BCUT2D eigenvalue weighted by Crippen LogP contribution is -1.97. The third-order valence-corrected chi connectivity index (χ3v) is 2.73. The molecule has 2 aromatic carbocycles. The first-order valence-electron chi connectivity index (χ1n) is 6.29. The fourth-order valence-corrected chi connectivity index (χ4v) is 1.74. The molecule has 0 radical (unpaired) electrons. The second-order valence-electron chi connectivity index (χ2n) is 4.24. The molecule has 2 nitrogen and oxygen atoms in total. The second kappa shape index (κ2) is 7.44. The Bertz CT molecular complexity index is 612. The molecule has 20 heavy (non-hydrogen) atoms. The van der Waals surface area contributed by atoms with Gasteiger partial charge in [0.15, 0.2) is 0 Å². The minimum Gasteiger partial charge on any atom is -0.384 e. The number of rotatable bonds is 4. The van der Waals surface area contributed by atoms with Gasteiger partial charge in [0.25, 0.3) is 0 Å². The third-order valence-electron chi connectivity index (χ3n) is 2.73. The van der Waals surface area contributed by atoms with Crippen LogP contribution in [0.25, 0.3) is 0 Å². The average Bonchev–Trinajstić information content (AvgIpc) is 2.48. The number of aliphatic hydroxyl groups excluding tert-OH is 1. The van der Waals surface area contributed by atoms with E-state index in [0.29, 0.717) is 17.7 Å². The normalized spacial score (nSPS) is 9.90. The van der Waals surface area contributed by atoms with Crippen LogP contribution in [0.3, 0.4) is 0 Å². The van der Waals surface area contributed by atoms with Gasteiger partial charge in [0.1, 0.15) is 12.4 Å². The highest BCUT2D eigenvalue weighted by Crippen LogP contribution is 2.12. The van der Waals surface area contributed by atoms with Crippen molar-refractivity contribution in [3.05, 3.63) is 71.0 Å². The van der Waals surface area contributed by atoms with Crippen LogP contribution in [-0.2, 0) is 18.0 Å². The first-order chi connectivity index (χ1) is 9.79. The molecule has 0 unspecified atom stereocenters. The highest BCUT2D eigenvalue weighted by Gasteiger charge is 2.03. The number of benzene rings is 2. The Kier molecular flexibility index (Phi) is 5.31. The molecule has 0 heterocycles. The van der Waals surface area contributed by atoms with Gasteiger partial charge >= 0.3 is 0 Å². The lowest BCUT2D eigenvalue weighted by molar-refractivity contribution is 0.105. The fourth-order valence-electron chi connectivity index (χ4n) is 1.74. The zero-order valence-corrected chi connectivity index (χ0v) is 11.0. The van der Waals surface area contributed by atoms with Crippen LogP contribution >= 0.6 is 0 Å². The molecule has 0 bridgehead atoms. The zero-order valence-electron chi connectivity index (χ0n) is 11.0. The minimum absolute atomic E-state index is 0.217. The number of hydrogen-bond acceptors (Lipinski definition) is 2. The Morgan fingerprint density at radius 2 is 1.85 bits per heavy atom. The van der Waals surface area contributed by atoms with Crippen LogP contribution in [-0.4, -0.2) is 11.7 Å². The molecule has 2 rings (SSSR count). The number of ether oxygens (including phenoxy) is 1. The highest BCUT2D eigenvalue weighted by molar-refractivity contribution is 5.36. The van der Waals surface area contributed by atoms with Gasteiger partial charge in [0, 0.05) is 11.1 Å². The molecule has 0 aliphatic rings. The van der Waals surface area contributed by atoms with Crippen LogP contribution in [0, 0.1) is 17.7 Å². The van der Waals surface area contributed by atoms with Crippen LogP contribution in [0.2, 0.25) is 0 Å². The SMILES string of the molecule is OCC#Cc1ccc(COCc2ccccc2)c(F)c1. The van der Waals surface area contributed by atoms with Gasteiger partial charge in [0.05, 0.1) is 13.2 Å². The first kappa shape index (κ1) is 14.3. The third kappa shape index (κ3) is 4.20. The van der Waals surface area contributed by atoms with Gasteiger partial charge in [0.2, 0.25) is 0 Å². The van der Waals surface area contributed by atoms with E-state index in [-0.39, 0.29) is 19.0 Å². The molecule has 0 spiro atoms. The Morgan fingerprint density at radius 3 is 2.55 bits per heavy atom. The Balaban J connectivity index is 1.93. The van der Waals surface area contributed by atoms with Gasteiger partial charge in [-0.2, -0.15) is 0 Å². The molecular formula is C17H15FO2. The number of halogens is 1. The van der Waals surface area contributed by atoms with E-state index in [1.54, 1.807) is 12.1 Å². The maximum absolute atomic E-state index is 13.8. The predicted octanol–water partition coefficient (Wildman–Crippen LogP) is 2.89. The zero-order chi connectivity index (χ0) is 14.2. The topological polar surface area (TPSA) is 29.5 Å². The van der Waals surface area contributed by atoms with Crippen molar-refractivity contribution in [2.45, 2.75) is 13.2 Å². The lowest BCUT2D eigenvalue weighted by Gasteiger charge is -2.06. The van der Waals surface area contributed by atoms with Gasteiger partial charge in [-0.05, 0) is 17.7 Å². The summed E-state index contributed by atoms with van der Waals surface area (Å²) in [4.78, 5) is 0. The van der Waals surface area contributed by atoms with E-state index in [1.165, 1.54) is 6.07 Å². The van der Waals surface area contributed by atoms with Crippen LogP contribution < -0.4 is 0 Å². The summed E-state index contributed by atoms with van der Waals surface area (Å²) >= 11 is 0. The Hall–Kier alpha value is -2.15. The van der Waals surface area contributed by atoms with Crippen LogP contribution in [0.1, 0.15) is 16.7 Å². The lowest BCUT2D eigenvalue weighted by atomic mass is 10.1. The summed E-state index contributed by atoms with van der Waals surface area (Å²) < 4.78 is 19.3. The van der Waals surface area contributed by atoms with E-state index < -0.39 is 0 Å². The molecular weight excluding hydrogens is 255 g/mol. The first-order valence-corrected chi connectivity index (χ1v) is 6.29. The smallest absolute Gasteiger partial charge is 0.129 e. The summed E-state index contributed by atoms with van der Waals surface area (Å²) in [5.41, 5.74) is 2.09. The summed E-state index contributed by atoms with van der Waals surface area (Å²) in [5.74, 6) is 4.80. The van der Waals surface area contributed by atoms with Crippen LogP contribution in [0.15, 0.2) is 48.5 Å². The van der Waals surface area contributed by atoms with Crippen molar-refractivity contribution in [2.75, 3.05) is 6.61 Å². The van der Waals surface area contributed by atoms with Crippen molar-refractivity contribution in [1.29, 1.82) is 0 Å². The predicted molar refractivity (Wildman–Crippen MR) is 75.3 cm³/mol. The summed E-state index contributed by atoms with van der Waals surface area (Å²) in [6.07, 6.45) is 0. The highest BCUT2D eigenvalue weighted by atomic mass is 19.1. The summed E-state index contributed by atoms with van der Waals surface area (Å²) in [6, 6.07) is 14.5. The van der Waals surface area contributed by atoms with E-state index >= 15 is 0 Å². The molecule has 0 amide bonds. The Morgan fingerprint density at radius 1 is 1.05 bits per heavy atom. The molecule has 0 atom stereocenters. The fraction of sp³-hybridized carbons (Fsp3) is 0.176. The van der Waals surface area contributed by atoms with Crippen LogP contribution in [0.4, 0.5) is 4.39 Å². The summed E-state index contributed by atoms with van der Waals surface area (Å²) in [7, 11) is 0. The van der Waals surface area contributed by atoms with Gasteiger partial charge in [-0.15, -0.1) is 0 Å². The standard InChI is InChI=1S/C17H15FO2/c18-17-11-14(7-4-10-19)8-9-16(17)13-20-12-15-5-2-1-3-6-15/h1-3,5-6,8-9,11,19H,10,12-13H2. The van der Waals surface area contributed by atoms with Crippen molar-refractivity contribution in [2.24, 2.45) is 0 Å². The molecule has 102 valence electrons. The summed E-state index contributed by atoms with van der Waals surface area (Å²) in [5, 5.41) is 8.59. The molecule has 0 aliphatic carbocycles. The van der Waals surface area contributed by atoms with E-state index in [9.17, 15) is 4.39 Å². The van der Waals surface area contributed by atoms with Crippen LogP contribution in [0.5, 0.6) is 0 Å². The monoisotopic (exact) mass is 270 g/mol.